The standard InChI is InChI=1S/C17H28N4O2S/c1-17(2)8-9-21(13-17)16(18-3)20-11-14-6-5-7-15(10-14)12-24(22,23)19-4/h5-7,10,19H,8-9,11-13H2,1-4H3,(H,18,20). The molecule has 0 unspecified atom stereocenters. The summed E-state index contributed by atoms with van der Waals surface area (Å²) < 4.78 is 25.7. The second kappa shape index (κ2) is 7.53. The van der Waals surface area contributed by atoms with Gasteiger partial charge >= 0.3 is 0 Å². The Labute approximate surface area is 145 Å². The SMILES string of the molecule is CN=C(NCc1cccc(CS(=O)(=O)NC)c1)N1CCC(C)(C)C1. The largest absolute Gasteiger partial charge is 0.352 e. The fourth-order valence-electron chi connectivity index (χ4n) is 2.93. The van der Waals surface area contributed by atoms with Gasteiger partial charge < -0.3 is 10.2 Å². The summed E-state index contributed by atoms with van der Waals surface area (Å²) in [6, 6.07) is 7.63. The molecular formula is C17H28N4O2S. The van der Waals surface area contributed by atoms with Gasteiger partial charge in [-0.15, -0.1) is 0 Å². The molecule has 0 saturated carbocycles. The van der Waals surface area contributed by atoms with E-state index in [1.807, 2.05) is 24.3 Å². The summed E-state index contributed by atoms with van der Waals surface area (Å²) in [4.78, 5) is 6.64. The van der Waals surface area contributed by atoms with Gasteiger partial charge in [-0.2, -0.15) is 0 Å². The zero-order valence-electron chi connectivity index (χ0n) is 15.0. The zero-order valence-corrected chi connectivity index (χ0v) is 15.8. The molecular weight excluding hydrogens is 324 g/mol. The van der Waals surface area contributed by atoms with Crippen LogP contribution in [0.4, 0.5) is 0 Å². The lowest BCUT2D eigenvalue weighted by Crippen LogP contribution is -2.40. The van der Waals surface area contributed by atoms with Crippen LogP contribution in [0.3, 0.4) is 0 Å². The van der Waals surface area contributed by atoms with Crippen LogP contribution in [0.25, 0.3) is 0 Å². The molecule has 2 N–H and O–H groups in total. The number of sulfonamides is 1. The van der Waals surface area contributed by atoms with E-state index in [4.69, 9.17) is 0 Å². The number of rotatable bonds is 5. The molecule has 0 aliphatic carbocycles. The van der Waals surface area contributed by atoms with E-state index in [-0.39, 0.29) is 5.75 Å². The lowest BCUT2D eigenvalue weighted by atomic mass is 9.93. The molecule has 1 saturated heterocycles. The van der Waals surface area contributed by atoms with Gasteiger partial charge in [0.1, 0.15) is 0 Å². The van der Waals surface area contributed by atoms with Crippen molar-refractivity contribution in [3.05, 3.63) is 35.4 Å². The Balaban J connectivity index is 1.99. The van der Waals surface area contributed by atoms with Gasteiger partial charge in [0.25, 0.3) is 0 Å². The molecule has 1 aliphatic heterocycles. The van der Waals surface area contributed by atoms with Crippen molar-refractivity contribution in [1.29, 1.82) is 0 Å². The third kappa shape index (κ3) is 5.21. The average Bonchev–Trinajstić information content (AvgIpc) is 2.88. The molecule has 0 aromatic heterocycles. The summed E-state index contributed by atoms with van der Waals surface area (Å²) in [5.41, 5.74) is 2.14. The van der Waals surface area contributed by atoms with Crippen LogP contribution in [0, 0.1) is 5.41 Å². The van der Waals surface area contributed by atoms with E-state index in [2.05, 4.69) is 33.8 Å². The van der Waals surface area contributed by atoms with Crippen molar-refractivity contribution in [2.75, 3.05) is 27.2 Å². The number of likely N-dealkylation sites (tertiary alicyclic amines) is 1. The topological polar surface area (TPSA) is 73.8 Å². The van der Waals surface area contributed by atoms with E-state index in [1.54, 1.807) is 7.05 Å². The number of guanidine groups is 1. The Kier molecular flexibility index (Phi) is 5.87. The van der Waals surface area contributed by atoms with Crippen molar-refractivity contribution in [2.24, 2.45) is 10.4 Å². The lowest BCUT2D eigenvalue weighted by molar-refractivity contribution is 0.370. The van der Waals surface area contributed by atoms with Gasteiger partial charge in [0.15, 0.2) is 5.96 Å². The lowest BCUT2D eigenvalue weighted by Gasteiger charge is -2.23. The molecule has 1 aromatic carbocycles. The highest BCUT2D eigenvalue weighted by atomic mass is 32.2. The predicted octanol–water partition coefficient (Wildman–Crippen LogP) is 1.54. The normalized spacial score (nSPS) is 18.0. The number of nitrogens with one attached hydrogen (secondary N) is 2. The molecule has 134 valence electrons. The van der Waals surface area contributed by atoms with Crippen molar-refractivity contribution >= 4 is 16.0 Å². The van der Waals surface area contributed by atoms with Crippen LogP contribution >= 0.6 is 0 Å². The van der Waals surface area contributed by atoms with E-state index in [1.165, 1.54) is 7.05 Å². The van der Waals surface area contributed by atoms with Crippen LogP contribution in [0.2, 0.25) is 0 Å². The van der Waals surface area contributed by atoms with E-state index in [0.29, 0.717) is 12.0 Å². The van der Waals surface area contributed by atoms with Gasteiger partial charge in [-0.25, -0.2) is 13.1 Å². The van der Waals surface area contributed by atoms with Gasteiger partial charge in [-0.3, -0.25) is 4.99 Å². The summed E-state index contributed by atoms with van der Waals surface area (Å²) in [6.45, 7) is 7.16. The Hall–Kier alpha value is -1.60. The number of hydrogen-bond acceptors (Lipinski definition) is 3. The molecule has 0 spiro atoms. The summed E-state index contributed by atoms with van der Waals surface area (Å²) in [5, 5.41) is 3.38. The quantitative estimate of drug-likeness (QED) is 0.623. The Morgan fingerprint density at radius 1 is 1.33 bits per heavy atom. The first-order valence-electron chi connectivity index (χ1n) is 8.19. The molecule has 7 heteroatoms. The van der Waals surface area contributed by atoms with Gasteiger partial charge in [0.05, 0.1) is 5.75 Å². The maximum atomic E-state index is 11.7. The number of hydrogen-bond donors (Lipinski definition) is 2. The van der Waals surface area contributed by atoms with Crippen LogP contribution in [0.15, 0.2) is 29.3 Å². The highest BCUT2D eigenvalue weighted by Crippen LogP contribution is 2.28. The van der Waals surface area contributed by atoms with Crippen LogP contribution < -0.4 is 10.0 Å². The van der Waals surface area contributed by atoms with Gasteiger partial charge in [0.2, 0.25) is 10.0 Å². The first kappa shape index (κ1) is 18.7. The van der Waals surface area contributed by atoms with Crippen molar-refractivity contribution in [3.8, 4) is 0 Å². The monoisotopic (exact) mass is 352 g/mol. The molecule has 0 radical (unpaired) electrons. The van der Waals surface area contributed by atoms with Gasteiger partial charge in [-0.1, -0.05) is 38.1 Å². The summed E-state index contributed by atoms with van der Waals surface area (Å²) >= 11 is 0. The minimum absolute atomic E-state index is 0.00756. The summed E-state index contributed by atoms with van der Waals surface area (Å²) in [7, 11) is -0.0257. The van der Waals surface area contributed by atoms with Crippen molar-refractivity contribution < 1.29 is 8.42 Å². The van der Waals surface area contributed by atoms with Gasteiger partial charge in [0, 0.05) is 26.7 Å². The molecule has 0 amide bonds. The molecule has 0 atom stereocenters. The minimum Gasteiger partial charge on any atom is -0.352 e. The van der Waals surface area contributed by atoms with E-state index < -0.39 is 10.0 Å². The molecule has 1 aliphatic rings. The van der Waals surface area contributed by atoms with Gasteiger partial charge in [-0.05, 0) is 30.0 Å². The summed E-state index contributed by atoms with van der Waals surface area (Å²) in [5.74, 6) is 0.889. The maximum Gasteiger partial charge on any atom is 0.215 e. The molecule has 24 heavy (non-hydrogen) atoms. The molecule has 1 aromatic rings. The fraction of sp³-hybridized carbons (Fsp3) is 0.588. The molecule has 6 nitrogen and oxygen atoms in total. The third-order valence-electron chi connectivity index (χ3n) is 4.30. The second-order valence-electron chi connectivity index (χ2n) is 7.02. The molecule has 0 bridgehead atoms. The minimum atomic E-state index is -3.25. The van der Waals surface area contributed by atoms with Crippen molar-refractivity contribution in [3.63, 3.8) is 0 Å². The predicted molar refractivity (Wildman–Crippen MR) is 98.3 cm³/mol. The van der Waals surface area contributed by atoms with Crippen LogP contribution in [0.1, 0.15) is 31.4 Å². The van der Waals surface area contributed by atoms with Crippen LogP contribution in [-0.2, 0) is 22.3 Å². The zero-order chi connectivity index (χ0) is 17.8. The first-order chi connectivity index (χ1) is 11.2. The average molecular weight is 353 g/mol. The highest BCUT2D eigenvalue weighted by molar-refractivity contribution is 7.88. The second-order valence-corrected chi connectivity index (χ2v) is 8.95. The molecule has 2 rings (SSSR count). The fourth-order valence-corrected chi connectivity index (χ4v) is 3.69. The Morgan fingerprint density at radius 2 is 2.04 bits per heavy atom. The van der Waals surface area contributed by atoms with Crippen molar-refractivity contribution in [1.82, 2.24) is 14.9 Å². The smallest absolute Gasteiger partial charge is 0.215 e. The first-order valence-corrected chi connectivity index (χ1v) is 9.84. The van der Waals surface area contributed by atoms with E-state index >= 15 is 0 Å². The number of benzene rings is 1. The van der Waals surface area contributed by atoms with Crippen LogP contribution in [0.5, 0.6) is 0 Å². The summed E-state index contributed by atoms with van der Waals surface area (Å²) in [6.07, 6.45) is 1.16. The molecule has 1 fully saturated rings. The number of aliphatic imine (C=N–C) groups is 1. The van der Waals surface area contributed by atoms with E-state index in [9.17, 15) is 8.42 Å². The van der Waals surface area contributed by atoms with E-state index in [0.717, 1.165) is 36.6 Å². The van der Waals surface area contributed by atoms with Crippen molar-refractivity contribution in [2.45, 2.75) is 32.6 Å². The molecule has 1 heterocycles. The Morgan fingerprint density at radius 3 is 2.62 bits per heavy atom. The van der Waals surface area contributed by atoms with Crippen LogP contribution in [-0.4, -0.2) is 46.5 Å². The maximum absolute atomic E-state index is 11.7. The number of nitrogens with zero attached hydrogens (tertiary/aromatic N) is 2. The third-order valence-corrected chi connectivity index (χ3v) is 5.63. The Bertz CT molecular complexity index is 698. The highest BCUT2D eigenvalue weighted by Gasteiger charge is 2.30.